The van der Waals surface area contributed by atoms with Crippen LogP contribution in [0.25, 0.3) is 0 Å². The van der Waals surface area contributed by atoms with Crippen molar-refractivity contribution < 1.29 is 4.79 Å². The maximum Gasteiger partial charge on any atom is 0.208 e. The number of carbonyl (C=O) groups excluding carboxylic acids is 1. The predicted molar refractivity (Wildman–Crippen MR) is 27.9 cm³/mol. The number of hydrogen-bond acceptors (Lipinski definition) is 2. The van der Waals surface area contributed by atoms with Crippen molar-refractivity contribution in [2.75, 3.05) is 5.88 Å². The average Bonchev–Trinajstić information content (AvgIpc) is 1.68. The lowest BCUT2D eigenvalue weighted by Crippen LogP contribution is -2.37. The Balaban J connectivity index is 2.98. The first-order valence-electron chi connectivity index (χ1n) is 1.82. The first-order valence-corrected chi connectivity index (χ1v) is 2.36. The summed E-state index contributed by atoms with van der Waals surface area (Å²) in [7, 11) is 0. The number of hydrogen-bond donors (Lipinski definition) is 2. The van der Waals surface area contributed by atoms with Crippen molar-refractivity contribution >= 4 is 18.0 Å². The highest BCUT2D eigenvalue weighted by molar-refractivity contribution is 6.18. The van der Waals surface area contributed by atoms with Crippen molar-refractivity contribution in [3.05, 3.63) is 0 Å². The van der Waals surface area contributed by atoms with Gasteiger partial charge in [0.05, 0.1) is 12.0 Å². The Hall–Kier alpha value is -0.280. The molecule has 3 nitrogen and oxygen atoms in total. The molecule has 1 unspecified atom stereocenters. The molecule has 0 aromatic rings. The zero-order valence-corrected chi connectivity index (χ0v) is 4.48. The Morgan fingerprint density at radius 1 is 2.00 bits per heavy atom. The van der Waals surface area contributed by atoms with Gasteiger partial charge in [0.15, 0.2) is 0 Å². The molecule has 0 aliphatic carbocycles. The average molecular weight is 123 g/mol. The molecule has 0 fully saturated rings. The second-order valence-electron chi connectivity index (χ2n) is 1.05. The highest BCUT2D eigenvalue weighted by Crippen LogP contribution is 1.73. The third-order valence-electron chi connectivity index (χ3n) is 0.448. The van der Waals surface area contributed by atoms with Crippen LogP contribution in [-0.4, -0.2) is 18.5 Å². The van der Waals surface area contributed by atoms with E-state index in [4.69, 9.17) is 17.3 Å². The summed E-state index contributed by atoms with van der Waals surface area (Å²) in [5.41, 5.74) is 5.11. The van der Waals surface area contributed by atoms with Crippen molar-refractivity contribution in [3.63, 3.8) is 0 Å². The van der Waals surface area contributed by atoms with E-state index >= 15 is 0 Å². The van der Waals surface area contributed by atoms with Gasteiger partial charge in [-0.1, -0.05) is 0 Å². The van der Waals surface area contributed by atoms with Gasteiger partial charge in [-0.25, -0.2) is 0 Å². The smallest absolute Gasteiger partial charge is 0.208 e. The molecule has 0 radical (unpaired) electrons. The maximum atomic E-state index is 9.52. The summed E-state index contributed by atoms with van der Waals surface area (Å²) in [4.78, 5) is 9.52. The molecule has 1 amide bonds. The number of halogens is 1. The molecule has 0 rings (SSSR count). The molecule has 0 aliphatic rings. The van der Waals surface area contributed by atoms with Gasteiger partial charge in [-0.05, 0) is 0 Å². The Labute approximate surface area is 46.8 Å². The van der Waals surface area contributed by atoms with E-state index in [0.29, 0.717) is 6.41 Å². The van der Waals surface area contributed by atoms with E-state index in [-0.39, 0.29) is 5.88 Å². The molecule has 1 atom stereocenters. The van der Waals surface area contributed by atoms with Gasteiger partial charge >= 0.3 is 0 Å². The summed E-state index contributed by atoms with van der Waals surface area (Å²) < 4.78 is 0. The molecule has 42 valence electrons. The third kappa shape index (κ3) is 3.55. The van der Waals surface area contributed by atoms with Crippen LogP contribution in [0, 0.1) is 0 Å². The molecule has 3 N–H and O–H groups in total. The summed E-state index contributed by atoms with van der Waals surface area (Å²) in [5, 5.41) is 2.26. The monoisotopic (exact) mass is 122 g/mol. The third-order valence-corrected chi connectivity index (χ3v) is 0.781. The number of rotatable bonds is 3. The highest BCUT2D eigenvalue weighted by atomic mass is 35.5. The summed E-state index contributed by atoms with van der Waals surface area (Å²) in [5.74, 6) is 0.249. The van der Waals surface area contributed by atoms with E-state index in [1.165, 1.54) is 0 Å². The number of carbonyl (C=O) groups is 1. The molecule has 0 aromatic carbocycles. The van der Waals surface area contributed by atoms with Gasteiger partial charge in [0, 0.05) is 0 Å². The molecular formula is C3H7ClN2O. The van der Waals surface area contributed by atoms with Crippen LogP contribution in [0.2, 0.25) is 0 Å². The van der Waals surface area contributed by atoms with Crippen molar-refractivity contribution in [1.29, 1.82) is 0 Å². The Kier molecular flexibility index (Phi) is 3.74. The Bertz CT molecular complexity index is 58.9. The maximum absolute atomic E-state index is 9.52. The van der Waals surface area contributed by atoms with Crippen LogP contribution in [0.1, 0.15) is 0 Å². The molecular weight excluding hydrogens is 115 g/mol. The largest absolute Gasteiger partial charge is 0.342 e. The highest BCUT2D eigenvalue weighted by Gasteiger charge is 1.91. The van der Waals surface area contributed by atoms with Gasteiger partial charge in [-0.2, -0.15) is 0 Å². The van der Waals surface area contributed by atoms with Crippen LogP contribution in [-0.2, 0) is 4.79 Å². The molecule has 0 aromatic heterocycles. The van der Waals surface area contributed by atoms with Crippen molar-refractivity contribution in [2.45, 2.75) is 6.17 Å². The standard InChI is InChI=1S/C3H7ClN2O/c4-1-3(5)6-2-7/h2-3H,1,5H2,(H,6,7). The molecule has 0 bridgehead atoms. The minimum Gasteiger partial charge on any atom is -0.342 e. The molecule has 0 heterocycles. The normalized spacial score (nSPS) is 12.9. The topological polar surface area (TPSA) is 55.1 Å². The fraction of sp³-hybridized carbons (Fsp3) is 0.667. The van der Waals surface area contributed by atoms with Crippen molar-refractivity contribution in [2.24, 2.45) is 5.73 Å². The van der Waals surface area contributed by atoms with Crippen LogP contribution in [0.3, 0.4) is 0 Å². The van der Waals surface area contributed by atoms with Gasteiger partial charge in [-0.3, -0.25) is 4.79 Å². The molecule has 4 heteroatoms. The van der Waals surface area contributed by atoms with Crippen LogP contribution in [0.5, 0.6) is 0 Å². The van der Waals surface area contributed by atoms with E-state index in [1.807, 2.05) is 0 Å². The van der Waals surface area contributed by atoms with E-state index in [0.717, 1.165) is 0 Å². The lowest BCUT2D eigenvalue weighted by molar-refractivity contribution is -0.110. The van der Waals surface area contributed by atoms with Crippen LogP contribution >= 0.6 is 11.6 Å². The lowest BCUT2D eigenvalue weighted by atomic mass is 10.6. The van der Waals surface area contributed by atoms with Crippen LogP contribution in [0.15, 0.2) is 0 Å². The van der Waals surface area contributed by atoms with E-state index in [9.17, 15) is 4.79 Å². The number of nitrogens with two attached hydrogens (primary N) is 1. The second kappa shape index (κ2) is 3.89. The Morgan fingerprint density at radius 2 is 2.57 bits per heavy atom. The zero-order chi connectivity index (χ0) is 5.70. The molecule has 0 spiro atoms. The molecule has 0 aliphatic heterocycles. The quantitative estimate of drug-likeness (QED) is 0.294. The fourth-order valence-electron chi connectivity index (χ4n) is 0.132. The molecule has 7 heavy (non-hydrogen) atoms. The van der Waals surface area contributed by atoms with Gasteiger partial charge < -0.3 is 11.1 Å². The summed E-state index contributed by atoms with van der Waals surface area (Å²) >= 11 is 5.18. The van der Waals surface area contributed by atoms with Crippen molar-refractivity contribution in [1.82, 2.24) is 5.32 Å². The summed E-state index contributed by atoms with van der Waals surface area (Å²) in [6.45, 7) is 0. The first-order chi connectivity index (χ1) is 3.31. The van der Waals surface area contributed by atoms with Crippen molar-refractivity contribution in [3.8, 4) is 0 Å². The number of alkyl halides is 1. The summed E-state index contributed by atoms with van der Waals surface area (Å²) in [6, 6.07) is 0. The number of amides is 1. The van der Waals surface area contributed by atoms with Crippen LogP contribution in [0.4, 0.5) is 0 Å². The molecule has 0 saturated heterocycles. The van der Waals surface area contributed by atoms with Gasteiger partial charge in [0.25, 0.3) is 0 Å². The first kappa shape index (κ1) is 6.72. The fourth-order valence-corrected chi connectivity index (χ4v) is 0.221. The van der Waals surface area contributed by atoms with Crippen LogP contribution < -0.4 is 11.1 Å². The second-order valence-corrected chi connectivity index (χ2v) is 1.35. The molecule has 0 saturated carbocycles. The zero-order valence-electron chi connectivity index (χ0n) is 3.73. The SMILES string of the molecule is NC(CCl)NC=O. The van der Waals surface area contributed by atoms with Gasteiger partial charge in [-0.15, -0.1) is 11.6 Å². The minimum absolute atomic E-state index is 0.249. The summed E-state index contributed by atoms with van der Waals surface area (Å²) in [6.07, 6.45) is 0.117. The lowest BCUT2D eigenvalue weighted by Gasteiger charge is -2.01. The van der Waals surface area contributed by atoms with Gasteiger partial charge in [0.2, 0.25) is 6.41 Å². The van der Waals surface area contributed by atoms with Gasteiger partial charge in [0.1, 0.15) is 0 Å². The minimum atomic E-state index is -0.404. The van der Waals surface area contributed by atoms with E-state index < -0.39 is 6.17 Å². The number of nitrogens with one attached hydrogen (secondary N) is 1. The Morgan fingerprint density at radius 3 is 2.71 bits per heavy atom. The predicted octanol–water partition coefficient (Wildman–Crippen LogP) is -0.744. The van der Waals surface area contributed by atoms with E-state index in [2.05, 4.69) is 5.32 Å². The van der Waals surface area contributed by atoms with E-state index in [1.54, 1.807) is 0 Å².